The average molecular weight is 285 g/mol. The molecule has 1 amide bonds. The minimum atomic E-state index is -1.20. The minimum absolute atomic E-state index is 0.118. The van der Waals surface area contributed by atoms with Crippen LogP contribution in [0.1, 0.15) is 52.9 Å². The van der Waals surface area contributed by atoms with Gasteiger partial charge in [-0.1, -0.05) is 0 Å². The lowest BCUT2D eigenvalue weighted by atomic mass is 9.84. The molecule has 0 aliphatic carbocycles. The van der Waals surface area contributed by atoms with Crippen LogP contribution in [0, 0.1) is 0 Å². The number of aliphatic hydroxyl groups is 1. The van der Waals surface area contributed by atoms with Crippen LogP contribution in [0.5, 0.6) is 0 Å². The molecule has 6 heteroatoms. The van der Waals surface area contributed by atoms with E-state index in [1.54, 1.807) is 4.90 Å². The zero-order chi connectivity index (χ0) is 15.1. The van der Waals surface area contributed by atoms with Gasteiger partial charge in [-0.2, -0.15) is 0 Å². The summed E-state index contributed by atoms with van der Waals surface area (Å²) in [6.07, 6.45) is 1.60. The van der Waals surface area contributed by atoms with Crippen molar-refractivity contribution in [2.45, 2.75) is 76.2 Å². The summed E-state index contributed by atoms with van der Waals surface area (Å²) in [7, 11) is 0. The molecule has 6 nitrogen and oxygen atoms in total. The molecule has 2 aliphatic rings. The number of piperidine rings is 1. The highest BCUT2D eigenvalue weighted by Gasteiger charge is 2.51. The lowest BCUT2D eigenvalue weighted by Gasteiger charge is -2.43. The lowest BCUT2D eigenvalue weighted by molar-refractivity contribution is -0.145. The van der Waals surface area contributed by atoms with E-state index in [-0.39, 0.29) is 24.6 Å². The summed E-state index contributed by atoms with van der Waals surface area (Å²) in [5.41, 5.74) is -1.75. The first-order valence-electron chi connectivity index (χ1n) is 7.05. The molecular weight excluding hydrogens is 262 g/mol. The smallest absolute Gasteiger partial charge is 0.410 e. The summed E-state index contributed by atoms with van der Waals surface area (Å²) in [6, 6.07) is -0.235. The van der Waals surface area contributed by atoms with Crippen LogP contribution >= 0.6 is 0 Å². The number of amides is 1. The van der Waals surface area contributed by atoms with Crippen molar-refractivity contribution in [2.24, 2.45) is 0 Å². The number of nitrogens with zero attached hydrogens (tertiary/aromatic N) is 1. The Balaban J connectivity index is 2.07. The van der Waals surface area contributed by atoms with E-state index >= 15 is 0 Å². The van der Waals surface area contributed by atoms with Gasteiger partial charge in [-0.25, -0.2) is 4.79 Å². The Hall–Kier alpha value is -1.30. The molecule has 2 aliphatic heterocycles. The van der Waals surface area contributed by atoms with E-state index in [4.69, 9.17) is 9.84 Å². The maximum Gasteiger partial charge on any atom is 0.410 e. The van der Waals surface area contributed by atoms with Crippen LogP contribution in [0.3, 0.4) is 0 Å². The van der Waals surface area contributed by atoms with Crippen LogP contribution in [0.15, 0.2) is 0 Å². The number of hydrogen-bond donors (Lipinski definition) is 2. The van der Waals surface area contributed by atoms with Crippen molar-refractivity contribution in [3.8, 4) is 0 Å². The Labute approximate surface area is 118 Å². The molecule has 2 unspecified atom stereocenters. The van der Waals surface area contributed by atoms with Crippen LogP contribution in [0.2, 0.25) is 0 Å². The molecule has 20 heavy (non-hydrogen) atoms. The van der Waals surface area contributed by atoms with Gasteiger partial charge < -0.3 is 19.8 Å². The van der Waals surface area contributed by atoms with Crippen LogP contribution < -0.4 is 0 Å². The highest BCUT2D eigenvalue weighted by molar-refractivity contribution is 5.71. The lowest BCUT2D eigenvalue weighted by Crippen LogP contribution is -2.54. The molecule has 2 atom stereocenters. The first-order valence-corrected chi connectivity index (χ1v) is 7.05. The van der Waals surface area contributed by atoms with Crippen molar-refractivity contribution in [1.82, 2.24) is 4.90 Å². The van der Waals surface area contributed by atoms with Crippen molar-refractivity contribution in [3.05, 3.63) is 0 Å². The molecule has 0 saturated carbocycles. The van der Waals surface area contributed by atoms with Crippen LogP contribution in [0.4, 0.5) is 4.79 Å². The number of aliphatic carboxylic acids is 1. The van der Waals surface area contributed by atoms with Crippen molar-refractivity contribution >= 4 is 12.1 Å². The van der Waals surface area contributed by atoms with Gasteiger partial charge in [-0.3, -0.25) is 4.79 Å². The number of carbonyl (C=O) groups is 2. The Morgan fingerprint density at radius 1 is 1.25 bits per heavy atom. The van der Waals surface area contributed by atoms with Crippen LogP contribution in [-0.4, -0.2) is 50.5 Å². The Kier molecular flexibility index (Phi) is 3.71. The third-order valence-corrected chi connectivity index (χ3v) is 3.94. The second kappa shape index (κ2) is 4.91. The van der Waals surface area contributed by atoms with E-state index in [0.29, 0.717) is 12.8 Å². The molecular formula is C14H23NO5. The highest BCUT2D eigenvalue weighted by Crippen LogP contribution is 2.42. The van der Waals surface area contributed by atoms with Gasteiger partial charge in [0.05, 0.1) is 12.0 Å². The molecule has 2 bridgehead atoms. The van der Waals surface area contributed by atoms with Crippen LogP contribution in [0.25, 0.3) is 0 Å². The standard InChI is InChI=1S/C14H23NO5/c1-13(2,3)20-12(18)15-9-4-5-10(15)7-14(19,6-9)8-11(16)17/h9-10,19H,4-8H2,1-3H3,(H,16,17). The molecule has 2 saturated heterocycles. The Bertz CT molecular complexity index is 400. The molecule has 2 heterocycles. The quantitative estimate of drug-likeness (QED) is 0.807. The third-order valence-electron chi connectivity index (χ3n) is 3.94. The van der Waals surface area contributed by atoms with Crippen molar-refractivity contribution in [1.29, 1.82) is 0 Å². The maximum absolute atomic E-state index is 12.2. The van der Waals surface area contributed by atoms with Gasteiger partial charge in [0.1, 0.15) is 5.60 Å². The zero-order valence-electron chi connectivity index (χ0n) is 12.3. The largest absolute Gasteiger partial charge is 0.481 e. The number of carboxylic acids is 1. The molecule has 0 spiro atoms. The molecule has 2 fully saturated rings. The molecule has 0 radical (unpaired) electrons. The molecule has 0 aromatic heterocycles. The predicted molar refractivity (Wildman–Crippen MR) is 71.3 cm³/mol. The molecule has 2 rings (SSSR count). The van der Waals surface area contributed by atoms with Gasteiger partial charge in [0, 0.05) is 12.1 Å². The van der Waals surface area contributed by atoms with Gasteiger partial charge in [-0.15, -0.1) is 0 Å². The molecule has 114 valence electrons. The molecule has 0 aromatic rings. The van der Waals surface area contributed by atoms with E-state index in [0.717, 1.165) is 12.8 Å². The number of carbonyl (C=O) groups excluding carboxylic acids is 1. The summed E-state index contributed by atoms with van der Waals surface area (Å²) in [4.78, 5) is 24.8. The highest BCUT2D eigenvalue weighted by atomic mass is 16.6. The molecule has 0 aromatic carbocycles. The second-order valence-corrected chi connectivity index (χ2v) is 6.98. The van der Waals surface area contributed by atoms with Gasteiger partial charge in [0.25, 0.3) is 0 Å². The van der Waals surface area contributed by atoms with Gasteiger partial charge in [0.2, 0.25) is 0 Å². The Morgan fingerprint density at radius 3 is 2.15 bits per heavy atom. The number of fused-ring (bicyclic) bond motifs is 2. The van der Waals surface area contributed by atoms with Gasteiger partial charge in [0.15, 0.2) is 0 Å². The van der Waals surface area contributed by atoms with E-state index in [1.807, 2.05) is 20.8 Å². The zero-order valence-corrected chi connectivity index (χ0v) is 12.3. The number of ether oxygens (including phenoxy) is 1. The third kappa shape index (κ3) is 3.23. The SMILES string of the molecule is CC(C)(C)OC(=O)N1C2CCC1CC(O)(CC(=O)O)C2. The van der Waals surface area contributed by atoms with Crippen LogP contribution in [-0.2, 0) is 9.53 Å². The maximum atomic E-state index is 12.2. The van der Waals surface area contributed by atoms with Gasteiger partial charge in [-0.05, 0) is 46.5 Å². The number of rotatable bonds is 2. The fraction of sp³-hybridized carbons (Fsp3) is 0.857. The topological polar surface area (TPSA) is 87.1 Å². The minimum Gasteiger partial charge on any atom is -0.481 e. The molecule has 2 N–H and O–H groups in total. The first-order chi connectivity index (χ1) is 9.10. The van der Waals surface area contributed by atoms with Gasteiger partial charge >= 0.3 is 12.1 Å². The summed E-state index contributed by atoms with van der Waals surface area (Å²) in [5, 5.41) is 19.3. The number of hydrogen-bond acceptors (Lipinski definition) is 4. The summed E-state index contributed by atoms with van der Waals surface area (Å²) in [6.45, 7) is 5.45. The summed E-state index contributed by atoms with van der Waals surface area (Å²) < 4.78 is 5.40. The second-order valence-electron chi connectivity index (χ2n) is 6.98. The van der Waals surface area contributed by atoms with E-state index in [2.05, 4.69) is 0 Å². The van der Waals surface area contributed by atoms with E-state index in [9.17, 15) is 14.7 Å². The average Bonchev–Trinajstić information content (AvgIpc) is 2.48. The Morgan fingerprint density at radius 2 is 1.75 bits per heavy atom. The normalized spacial score (nSPS) is 33.1. The summed E-state index contributed by atoms with van der Waals surface area (Å²) in [5.74, 6) is -1.00. The fourth-order valence-corrected chi connectivity index (χ4v) is 3.36. The summed E-state index contributed by atoms with van der Waals surface area (Å²) >= 11 is 0. The van der Waals surface area contributed by atoms with Crippen molar-refractivity contribution < 1.29 is 24.5 Å². The predicted octanol–water partition coefficient (Wildman–Crippen LogP) is 1.75. The van der Waals surface area contributed by atoms with Crippen molar-refractivity contribution in [2.75, 3.05) is 0 Å². The number of carboxylic acid groups (broad SMARTS) is 1. The fourth-order valence-electron chi connectivity index (χ4n) is 3.36. The monoisotopic (exact) mass is 285 g/mol. The van der Waals surface area contributed by atoms with E-state index < -0.39 is 17.2 Å². The first kappa shape index (κ1) is 15.1. The van der Waals surface area contributed by atoms with E-state index in [1.165, 1.54) is 0 Å². The van der Waals surface area contributed by atoms with Crippen molar-refractivity contribution in [3.63, 3.8) is 0 Å².